The summed E-state index contributed by atoms with van der Waals surface area (Å²) in [5, 5.41) is 11.6. The van der Waals surface area contributed by atoms with Crippen LogP contribution in [-0.2, 0) is 9.59 Å². The zero-order valence-corrected chi connectivity index (χ0v) is 22.3. The Kier molecular flexibility index (Phi) is 7.38. The zero-order valence-electron chi connectivity index (χ0n) is 22.3. The van der Waals surface area contributed by atoms with Crippen LogP contribution >= 0.6 is 0 Å². The van der Waals surface area contributed by atoms with Crippen LogP contribution < -0.4 is 14.4 Å². The van der Waals surface area contributed by atoms with Crippen molar-refractivity contribution in [2.45, 2.75) is 25.8 Å². The van der Waals surface area contributed by atoms with Gasteiger partial charge in [0.15, 0.2) is 0 Å². The monoisotopic (exact) mass is 537 g/mol. The molecule has 0 bridgehead atoms. The largest absolute Gasteiger partial charge is 0.507 e. The number of hydrogen-bond donors (Lipinski definition) is 1. The van der Waals surface area contributed by atoms with Gasteiger partial charge in [0, 0.05) is 11.3 Å². The van der Waals surface area contributed by atoms with Gasteiger partial charge >= 0.3 is 0 Å². The minimum absolute atomic E-state index is 0.0759. The SMILES string of the molecule is COc1ccc(/C(O)=C2\C(=O)C(=O)N(c3ccc(F)cc3)C2c2cccc(Oc3ccccc3)c2)cc1C(C)C. The van der Waals surface area contributed by atoms with Gasteiger partial charge < -0.3 is 14.6 Å². The number of aliphatic hydroxyl groups excluding tert-OH is 1. The molecule has 6 nitrogen and oxygen atoms in total. The lowest BCUT2D eigenvalue weighted by Crippen LogP contribution is -2.29. The molecular weight excluding hydrogens is 509 g/mol. The zero-order chi connectivity index (χ0) is 28.4. The summed E-state index contributed by atoms with van der Waals surface area (Å²) < 4.78 is 25.2. The number of nitrogens with zero attached hydrogens (tertiary/aromatic N) is 1. The van der Waals surface area contributed by atoms with Gasteiger partial charge in [-0.15, -0.1) is 0 Å². The highest BCUT2D eigenvalue weighted by atomic mass is 19.1. The second-order valence-corrected chi connectivity index (χ2v) is 9.74. The molecule has 0 saturated carbocycles. The van der Waals surface area contributed by atoms with Gasteiger partial charge in [0.1, 0.15) is 28.8 Å². The van der Waals surface area contributed by atoms with Gasteiger partial charge in [-0.2, -0.15) is 0 Å². The minimum Gasteiger partial charge on any atom is -0.507 e. The molecule has 1 N–H and O–H groups in total. The van der Waals surface area contributed by atoms with Crippen molar-refractivity contribution >= 4 is 23.1 Å². The topological polar surface area (TPSA) is 76.1 Å². The number of benzene rings is 4. The van der Waals surface area contributed by atoms with E-state index in [1.165, 1.54) is 29.2 Å². The third-order valence-corrected chi connectivity index (χ3v) is 6.83. The average Bonchev–Trinajstić information content (AvgIpc) is 3.23. The highest BCUT2D eigenvalue weighted by Gasteiger charge is 2.47. The standard InChI is InChI=1S/C33H28FNO5/c1-20(2)27-19-22(12-17-28(27)39-3)31(36)29-30(35(33(38)32(29)37)24-15-13-23(34)14-16-24)21-8-7-11-26(18-21)40-25-9-5-4-6-10-25/h4-20,30,36H,1-3H3/b31-29+. The van der Waals surface area contributed by atoms with Crippen LogP contribution in [0.15, 0.2) is 103 Å². The number of ketones is 1. The van der Waals surface area contributed by atoms with Gasteiger partial charge in [0.25, 0.3) is 11.7 Å². The van der Waals surface area contributed by atoms with E-state index in [-0.39, 0.29) is 17.3 Å². The molecule has 4 aromatic carbocycles. The maximum atomic E-state index is 13.8. The predicted octanol–water partition coefficient (Wildman–Crippen LogP) is 7.38. The molecule has 1 heterocycles. The molecule has 1 saturated heterocycles. The van der Waals surface area contributed by atoms with Crippen LogP contribution in [-0.4, -0.2) is 23.9 Å². The van der Waals surface area contributed by atoms with Crippen LogP contribution in [0, 0.1) is 5.82 Å². The van der Waals surface area contributed by atoms with E-state index in [1.54, 1.807) is 49.6 Å². The van der Waals surface area contributed by atoms with Crippen LogP contribution in [0.2, 0.25) is 0 Å². The summed E-state index contributed by atoms with van der Waals surface area (Å²) in [4.78, 5) is 28.3. The number of rotatable bonds is 7. The highest BCUT2D eigenvalue weighted by Crippen LogP contribution is 2.43. The van der Waals surface area contributed by atoms with Crippen molar-refractivity contribution in [3.05, 3.63) is 125 Å². The quantitative estimate of drug-likeness (QED) is 0.151. The van der Waals surface area contributed by atoms with Crippen LogP contribution in [0.1, 0.15) is 42.5 Å². The molecule has 7 heteroatoms. The molecule has 4 aromatic rings. The molecule has 0 aromatic heterocycles. The van der Waals surface area contributed by atoms with E-state index in [2.05, 4.69) is 0 Å². The Labute approximate surface area is 231 Å². The molecular formula is C33H28FNO5. The first kappa shape index (κ1) is 26.7. The molecule has 1 amide bonds. The summed E-state index contributed by atoms with van der Waals surface area (Å²) in [7, 11) is 1.57. The highest BCUT2D eigenvalue weighted by molar-refractivity contribution is 6.51. The Morgan fingerprint density at radius 1 is 0.875 bits per heavy atom. The van der Waals surface area contributed by atoms with E-state index in [0.717, 1.165) is 5.56 Å². The summed E-state index contributed by atoms with van der Waals surface area (Å²) >= 11 is 0. The second-order valence-electron chi connectivity index (χ2n) is 9.74. The van der Waals surface area contributed by atoms with E-state index < -0.39 is 23.5 Å². The minimum atomic E-state index is -0.991. The first-order valence-corrected chi connectivity index (χ1v) is 12.9. The molecule has 1 fully saturated rings. The Hall–Kier alpha value is -4.91. The fourth-order valence-electron chi connectivity index (χ4n) is 4.88. The maximum Gasteiger partial charge on any atom is 0.300 e. The van der Waals surface area contributed by atoms with Gasteiger partial charge in [0.2, 0.25) is 0 Å². The number of carbonyl (C=O) groups is 2. The van der Waals surface area contributed by atoms with Crippen LogP contribution in [0.5, 0.6) is 17.2 Å². The molecule has 202 valence electrons. The number of carbonyl (C=O) groups excluding carboxylic acids is 2. The molecule has 1 unspecified atom stereocenters. The summed E-state index contributed by atoms with van der Waals surface area (Å²) in [5.74, 6) is -0.631. The summed E-state index contributed by atoms with van der Waals surface area (Å²) in [6.45, 7) is 3.99. The van der Waals surface area contributed by atoms with Crippen molar-refractivity contribution in [1.29, 1.82) is 0 Å². The number of hydrogen-bond acceptors (Lipinski definition) is 5. The number of para-hydroxylation sites is 1. The van der Waals surface area contributed by atoms with Crippen LogP contribution in [0.3, 0.4) is 0 Å². The summed E-state index contributed by atoms with van der Waals surface area (Å²) in [6.07, 6.45) is 0. The first-order chi connectivity index (χ1) is 19.3. The molecule has 40 heavy (non-hydrogen) atoms. The van der Waals surface area contributed by atoms with E-state index in [1.807, 2.05) is 44.2 Å². The smallest absolute Gasteiger partial charge is 0.300 e. The van der Waals surface area contributed by atoms with Gasteiger partial charge in [-0.1, -0.05) is 44.2 Å². The predicted molar refractivity (Wildman–Crippen MR) is 151 cm³/mol. The Morgan fingerprint density at radius 2 is 1.57 bits per heavy atom. The summed E-state index contributed by atoms with van der Waals surface area (Å²) in [6, 6.07) is 25.7. The van der Waals surface area contributed by atoms with Gasteiger partial charge in [-0.05, 0) is 83.8 Å². The number of methoxy groups -OCH3 is 1. The number of amides is 1. The van der Waals surface area contributed by atoms with Gasteiger partial charge in [-0.25, -0.2) is 4.39 Å². The van der Waals surface area contributed by atoms with Gasteiger partial charge in [0.05, 0.1) is 18.7 Å². The fraction of sp³-hybridized carbons (Fsp3) is 0.152. The first-order valence-electron chi connectivity index (χ1n) is 12.9. The Bertz CT molecular complexity index is 1600. The summed E-state index contributed by atoms with van der Waals surface area (Å²) in [5.41, 5.74) is 2.00. The van der Waals surface area contributed by atoms with Crippen molar-refractivity contribution in [1.82, 2.24) is 0 Å². The van der Waals surface area contributed by atoms with Crippen molar-refractivity contribution in [3.8, 4) is 17.2 Å². The molecule has 0 aliphatic carbocycles. The molecule has 0 radical (unpaired) electrons. The van der Waals surface area contributed by atoms with E-state index in [0.29, 0.717) is 34.1 Å². The maximum absolute atomic E-state index is 13.8. The third-order valence-electron chi connectivity index (χ3n) is 6.83. The third kappa shape index (κ3) is 5.06. The lowest BCUT2D eigenvalue weighted by atomic mass is 9.93. The number of ether oxygens (including phenoxy) is 2. The molecule has 1 atom stereocenters. The molecule has 5 rings (SSSR count). The lowest BCUT2D eigenvalue weighted by Gasteiger charge is -2.26. The van der Waals surface area contributed by atoms with Crippen molar-refractivity contribution in [2.75, 3.05) is 12.0 Å². The number of anilines is 1. The van der Waals surface area contributed by atoms with E-state index in [9.17, 15) is 19.1 Å². The molecule has 1 aliphatic heterocycles. The second kappa shape index (κ2) is 11.1. The Morgan fingerprint density at radius 3 is 2.25 bits per heavy atom. The lowest BCUT2D eigenvalue weighted by molar-refractivity contribution is -0.132. The van der Waals surface area contributed by atoms with Crippen molar-refractivity contribution < 1.29 is 28.6 Å². The van der Waals surface area contributed by atoms with Crippen LogP contribution in [0.25, 0.3) is 5.76 Å². The van der Waals surface area contributed by atoms with Crippen molar-refractivity contribution in [3.63, 3.8) is 0 Å². The fourth-order valence-corrected chi connectivity index (χ4v) is 4.88. The Balaban J connectivity index is 1.68. The molecule has 1 aliphatic rings. The number of halogens is 1. The molecule has 0 spiro atoms. The van der Waals surface area contributed by atoms with E-state index >= 15 is 0 Å². The normalized spacial score (nSPS) is 16.4. The van der Waals surface area contributed by atoms with Gasteiger partial charge in [-0.3, -0.25) is 14.5 Å². The van der Waals surface area contributed by atoms with E-state index in [4.69, 9.17) is 9.47 Å². The van der Waals surface area contributed by atoms with Crippen LogP contribution in [0.4, 0.5) is 10.1 Å². The number of aliphatic hydroxyl groups is 1. The number of Topliss-reactive ketones (excluding diaryl/α,β-unsaturated/α-hetero) is 1. The average molecular weight is 538 g/mol. The van der Waals surface area contributed by atoms with Crippen molar-refractivity contribution in [2.24, 2.45) is 0 Å².